The van der Waals surface area contributed by atoms with Crippen molar-refractivity contribution in [2.75, 3.05) is 26.9 Å². The van der Waals surface area contributed by atoms with Crippen molar-refractivity contribution in [1.82, 2.24) is 9.80 Å². The van der Waals surface area contributed by atoms with E-state index >= 15 is 0 Å². The van der Waals surface area contributed by atoms with Crippen LogP contribution in [0.3, 0.4) is 0 Å². The Labute approximate surface area is 109 Å². The summed E-state index contributed by atoms with van der Waals surface area (Å²) in [6.45, 7) is 0.592. The molecule has 0 spiro atoms. The van der Waals surface area contributed by atoms with Crippen LogP contribution in [0.25, 0.3) is 0 Å². The van der Waals surface area contributed by atoms with Gasteiger partial charge in [-0.15, -0.1) is 0 Å². The molecule has 0 unspecified atom stereocenters. The number of amides is 1. The van der Waals surface area contributed by atoms with Gasteiger partial charge in [0.25, 0.3) is 0 Å². The molecule has 0 radical (unpaired) electrons. The fraction of sp³-hybridized carbons (Fsp3) is 0.923. The Morgan fingerprint density at radius 3 is 2.53 bits per heavy atom. The highest BCUT2D eigenvalue weighted by Crippen LogP contribution is 2.32. The van der Waals surface area contributed by atoms with Gasteiger partial charge in [0, 0.05) is 24.4 Å². The first-order valence-corrected chi connectivity index (χ1v) is 7.91. The number of thioether (sulfide) groups is 1. The third-order valence-corrected chi connectivity index (χ3v) is 5.31. The van der Waals surface area contributed by atoms with Gasteiger partial charge in [0.2, 0.25) is 5.91 Å². The summed E-state index contributed by atoms with van der Waals surface area (Å²) in [5.41, 5.74) is 0. The van der Waals surface area contributed by atoms with E-state index in [0.29, 0.717) is 24.5 Å². The molecule has 0 aromatic carbocycles. The first kappa shape index (κ1) is 13.2. The highest BCUT2D eigenvalue weighted by atomic mass is 32.2. The van der Waals surface area contributed by atoms with E-state index in [9.17, 15) is 4.79 Å². The van der Waals surface area contributed by atoms with Crippen LogP contribution in [0.4, 0.5) is 0 Å². The van der Waals surface area contributed by atoms with Crippen LogP contribution in [0.1, 0.15) is 32.1 Å². The van der Waals surface area contributed by atoms with Crippen LogP contribution >= 0.6 is 11.8 Å². The van der Waals surface area contributed by atoms with Gasteiger partial charge >= 0.3 is 0 Å². The van der Waals surface area contributed by atoms with E-state index in [0.717, 1.165) is 5.25 Å². The lowest BCUT2D eigenvalue weighted by Gasteiger charge is -2.29. The van der Waals surface area contributed by atoms with Crippen molar-refractivity contribution in [3.8, 4) is 0 Å². The Morgan fingerprint density at radius 2 is 1.94 bits per heavy atom. The zero-order valence-electron chi connectivity index (χ0n) is 11.2. The Morgan fingerprint density at radius 1 is 1.24 bits per heavy atom. The highest BCUT2D eigenvalue weighted by molar-refractivity contribution is 7.99. The van der Waals surface area contributed by atoms with Gasteiger partial charge in [0.15, 0.2) is 0 Å². The van der Waals surface area contributed by atoms with Crippen LogP contribution < -0.4 is 0 Å². The van der Waals surface area contributed by atoms with Crippen LogP contribution in [0.2, 0.25) is 0 Å². The van der Waals surface area contributed by atoms with Crippen molar-refractivity contribution >= 4 is 17.7 Å². The number of carbonyl (C=O) groups excluding carboxylic acids is 1. The monoisotopic (exact) mass is 256 g/mol. The molecule has 98 valence electrons. The predicted molar refractivity (Wildman–Crippen MR) is 73.4 cm³/mol. The van der Waals surface area contributed by atoms with E-state index < -0.39 is 0 Å². The molecular formula is C13H24N2OS. The number of hydrogen-bond donors (Lipinski definition) is 0. The molecule has 0 heterocycles. The molecule has 0 aromatic heterocycles. The number of hydrogen-bond acceptors (Lipinski definition) is 3. The molecule has 3 nitrogen and oxygen atoms in total. The topological polar surface area (TPSA) is 23.6 Å². The lowest BCUT2D eigenvalue weighted by atomic mass is 10.2. The first-order valence-electron chi connectivity index (χ1n) is 6.62. The van der Waals surface area contributed by atoms with Crippen molar-refractivity contribution in [2.45, 2.75) is 49.4 Å². The second-order valence-corrected chi connectivity index (χ2v) is 6.50. The van der Waals surface area contributed by atoms with E-state index in [2.05, 4.69) is 18.2 Å². The van der Waals surface area contributed by atoms with Crippen LogP contribution in [-0.2, 0) is 4.79 Å². The molecule has 2 fully saturated rings. The molecule has 0 aliphatic heterocycles. The van der Waals surface area contributed by atoms with E-state index in [1.54, 1.807) is 0 Å². The summed E-state index contributed by atoms with van der Waals surface area (Å²) in [4.78, 5) is 16.3. The maximum atomic E-state index is 12.1. The lowest BCUT2D eigenvalue weighted by molar-refractivity contribution is -0.131. The van der Waals surface area contributed by atoms with Gasteiger partial charge in [0.05, 0.1) is 6.54 Å². The number of nitrogens with zero attached hydrogens (tertiary/aromatic N) is 2. The van der Waals surface area contributed by atoms with Crippen molar-refractivity contribution in [3.63, 3.8) is 0 Å². The summed E-state index contributed by atoms with van der Waals surface area (Å²) in [5, 5.41) is 0.721. The molecule has 0 N–H and O–H groups in total. The summed E-state index contributed by atoms with van der Waals surface area (Å²) in [6.07, 6.45) is 8.46. The van der Waals surface area contributed by atoms with Gasteiger partial charge in [-0.05, 0) is 39.0 Å². The summed E-state index contributed by atoms with van der Waals surface area (Å²) < 4.78 is 0. The molecule has 4 heteroatoms. The molecule has 2 aliphatic carbocycles. The molecule has 2 aliphatic rings. The zero-order chi connectivity index (χ0) is 12.4. The van der Waals surface area contributed by atoms with Crippen LogP contribution in [0.15, 0.2) is 0 Å². The molecule has 1 amide bonds. The minimum atomic E-state index is 0.293. The van der Waals surface area contributed by atoms with E-state index in [1.165, 1.54) is 32.1 Å². The molecule has 0 aromatic rings. The molecule has 2 atom stereocenters. The maximum absolute atomic E-state index is 12.1. The summed E-state index contributed by atoms with van der Waals surface area (Å²) >= 11 is 1.96. The van der Waals surface area contributed by atoms with Gasteiger partial charge in [-0.3, -0.25) is 9.69 Å². The van der Waals surface area contributed by atoms with E-state index in [1.807, 2.05) is 23.7 Å². The average molecular weight is 256 g/mol. The SMILES string of the molecule is CS[C@H]1CCC[C@@H]1N(C)CC(=O)N(C)C1CC1. The van der Waals surface area contributed by atoms with Crippen molar-refractivity contribution in [1.29, 1.82) is 0 Å². The first-order chi connectivity index (χ1) is 8.13. The largest absolute Gasteiger partial charge is 0.342 e. The Bertz CT molecular complexity index is 281. The Kier molecular flexibility index (Phi) is 4.36. The quantitative estimate of drug-likeness (QED) is 0.750. The maximum Gasteiger partial charge on any atom is 0.236 e. The third kappa shape index (κ3) is 3.16. The van der Waals surface area contributed by atoms with Crippen molar-refractivity contribution < 1.29 is 4.79 Å². The molecule has 2 saturated carbocycles. The Balaban J connectivity index is 1.83. The zero-order valence-corrected chi connectivity index (χ0v) is 12.0. The van der Waals surface area contributed by atoms with Crippen molar-refractivity contribution in [2.24, 2.45) is 0 Å². The molecule has 2 rings (SSSR count). The van der Waals surface area contributed by atoms with Crippen LogP contribution in [-0.4, -0.2) is 59.9 Å². The lowest BCUT2D eigenvalue weighted by Crippen LogP contribution is -2.44. The number of rotatable bonds is 5. The fourth-order valence-electron chi connectivity index (χ4n) is 2.79. The smallest absolute Gasteiger partial charge is 0.236 e. The highest BCUT2D eigenvalue weighted by Gasteiger charge is 2.33. The van der Waals surface area contributed by atoms with Crippen LogP contribution in [0, 0.1) is 0 Å². The molecule has 0 bridgehead atoms. The molecule has 17 heavy (non-hydrogen) atoms. The van der Waals surface area contributed by atoms with Crippen LogP contribution in [0.5, 0.6) is 0 Å². The second kappa shape index (κ2) is 5.61. The minimum Gasteiger partial charge on any atom is -0.342 e. The number of carbonyl (C=O) groups is 1. The normalized spacial score (nSPS) is 28.7. The van der Waals surface area contributed by atoms with E-state index in [-0.39, 0.29) is 0 Å². The van der Waals surface area contributed by atoms with Gasteiger partial charge < -0.3 is 4.90 Å². The molecule has 0 saturated heterocycles. The second-order valence-electron chi connectivity index (χ2n) is 5.42. The molecular weight excluding hydrogens is 232 g/mol. The third-order valence-electron chi connectivity index (χ3n) is 4.16. The van der Waals surface area contributed by atoms with Gasteiger partial charge in [-0.1, -0.05) is 6.42 Å². The predicted octanol–water partition coefficient (Wildman–Crippen LogP) is 1.82. The standard InChI is InChI=1S/C13H24N2OS/c1-14(11-5-4-6-12(11)17-3)9-13(16)15(2)10-7-8-10/h10-12H,4-9H2,1-3H3/t11-,12-/m0/s1. The van der Waals surface area contributed by atoms with E-state index in [4.69, 9.17) is 0 Å². The fourth-order valence-corrected chi connectivity index (χ4v) is 3.85. The van der Waals surface area contributed by atoms with Crippen molar-refractivity contribution in [3.05, 3.63) is 0 Å². The summed E-state index contributed by atoms with van der Waals surface area (Å²) in [5.74, 6) is 0.293. The summed E-state index contributed by atoms with van der Waals surface area (Å²) in [6, 6.07) is 1.14. The minimum absolute atomic E-state index is 0.293. The van der Waals surface area contributed by atoms with Gasteiger partial charge in [-0.2, -0.15) is 11.8 Å². The Hall–Kier alpha value is -0.220. The van der Waals surface area contributed by atoms with Gasteiger partial charge in [0.1, 0.15) is 0 Å². The average Bonchev–Trinajstić information content (AvgIpc) is 3.05. The number of likely N-dealkylation sites (N-methyl/N-ethyl adjacent to an activating group) is 2. The van der Waals surface area contributed by atoms with Gasteiger partial charge in [-0.25, -0.2) is 0 Å². The summed E-state index contributed by atoms with van der Waals surface area (Å²) in [7, 11) is 4.06.